The molecule has 0 amide bonds. The monoisotopic (exact) mass is 476 g/mol. The number of rotatable bonds is 8. The Morgan fingerprint density at radius 2 is 2.06 bits per heavy atom. The van der Waals surface area contributed by atoms with E-state index in [1.54, 1.807) is 29.9 Å². The van der Waals surface area contributed by atoms with Crippen LogP contribution < -0.4 is 10.6 Å². The second-order valence-electron chi connectivity index (χ2n) is 9.07. The summed E-state index contributed by atoms with van der Waals surface area (Å²) in [5, 5.41) is 12.3. The maximum atomic E-state index is 13.8. The van der Waals surface area contributed by atoms with Gasteiger partial charge in [-0.05, 0) is 51.0 Å². The number of anilines is 1. The first-order valence-electron chi connectivity index (χ1n) is 12.0. The zero-order valence-corrected chi connectivity index (χ0v) is 19.9. The molecule has 182 valence electrons. The van der Waals surface area contributed by atoms with Crippen LogP contribution in [0.2, 0.25) is 0 Å². The van der Waals surface area contributed by atoms with Crippen molar-refractivity contribution in [2.75, 3.05) is 25.1 Å². The molecule has 4 aromatic rings. The number of fused-ring (bicyclic) bond motifs is 2. The maximum absolute atomic E-state index is 13.8. The molecule has 0 bridgehead atoms. The van der Waals surface area contributed by atoms with E-state index < -0.39 is 0 Å². The number of carbonyl (C=O) groups is 1. The summed E-state index contributed by atoms with van der Waals surface area (Å²) in [5.74, 6) is 0.577. The third kappa shape index (κ3) is 5.16. The molecule has 9 heteroatoms. The number of Topliss-reactive ketones (excluding diaryl/α,β-unsaturated/α-hetero) is 1. The first-order chi connectivity index (χ1) is 17.0. The van der Waals surface area contributed by atoms with Gasteiger partial charge in [0.2, 0.25) is 0 Å². The molecule has 4 heterocycles. The van der Waals surface area contributed by atoms with E-state index in [2.05, 4.69) is 27.6 Å². The standard InChI is InChI=1S/C26H29FN6O2/c1-16(34)5-8-28-25-13-24(17(2)31-21-6-9-35-10-7-21)32-26-22(15-30-33(25)26)19-11-18-12-20(27)3-4-23(18)29-14-19/h3-4,11-15,17,21,28,31H,5-10H2,1-2H3. The Morgan fingerprint density at radius 1 is 1.23 bits per heavy atom. The summed E-state index contributed by atoms with van der Waals surface area (Å²) in [6.07, 6.45) is 5.86. The second-order valence-corrected chi connectivity index (χ2v) is 9.07. The van der Waals surface area contributed by atoms with Crippen molar-refractivity contribution < 1.29 is 13.9 Å². The number of halogens is 1. The van der Waals surface area contributed by atoms with Gasteiger partial charge < -0.3 is 15.4 Å². The average molecular weight is 477 g/mol. The number of benzene rings is 1. The second kappa shape index (κ2) is 10.1. The van der Waals surface area contributed by atoms with Crippen LogP contribution in [0.25, 0.3) is 27.7 Å². The zero-order chi connectivity index (χ0) is 24.4. The van der Waals surface area contributed by atoms with E-state index in [0.717, 1.165) is 54.2 Å². The summed E-state index contributed by atoms with van der Waals surface area (Å²) >= 11 is 0. The van der Waals surface area contributed by atoms with E-state index in [1.165, 1.54) is 12.1 Å². The predicted octanol–water partition coefficient (Wildman–Crippen LogP) is 4.30. The smallest absolute Gasteiger partial charge is 0.165 e. The van der Waals surface area contributed by atoms with E-state index in [9.17, 15) is 9.18 Å². The number of pyridine rings is 1. The lowest BCUT2D eigenvalue weighted by molar-refractivity contribution is -0.116. The number of nitrogens with one attached hydrogen (secondary N) is 2. The number of hydrogen-bond acceptors (Lipinski definition) is 7. The third-order valence-corrected chi connectivity index (χ3v) is 6.38. The minimum absolute atomic E-state index is 0.00281. The van der Waals surface area contributed by atoms with Crippen molar-refractivity contribution >= 4 is 28.2 Å². The SMILES string of the molecule is CC(=O)CCNc1cc(C(C)NC2CCOCC2)nc2c(-c3cnc4ccc(F)cc4c3)cnn12. The van der Waals surface area contributed by atoms with Gasteiger partial charge >= 0.3 is 0 Å². The summed E-state index contributed by atoms with van der Waals surface area (Å²) in [5.41, 5.74) is 3.88. The Hall–Kier alpha value is -3.43. The molecule has 1 fully saturated rings. The largest absolute Gasteiger partial charge is 0.381 e. The molecule has 8 nitrogen and oxygen atoms in total. The first kappa shape index (κ1) is 23.3. The van der Waals surface area contributed by atoms with Crippen LogP contribution in [0.1, 0.15) is 44.8 Å². The molecule has 1 saturated heterocycles. The van der Waals surface area contributed by atoms with E-state index in [0.29, 0.717) is 30.0 Å². The van der Waals surface area contributed by atoms with Gasteiger partial charge in [0.25, 0.3) is 0 Å². The van der Waals surface area contributed by atoms with Crippen molar-refractivity contribution in [1.29, 1.82) is 0 Å². The number of ketones is 1. The molecular formula is C26H29FN6O2. The topological polar surface area (TPSA) is 93.4 Å². The minimum atomic E-state index is -0.304. The van der Waals surface area contributed by atoms with Crippen LogP contribution in [0, 0.1) is 5.82 Å². The number of hydrogen-bond donors (Lipinski definition) is 2. The van der Waals surface area contributed by atoms with Gasteiger partial charge in [0.05, 0.1) is 17.4 Å². The molecule has 3 aromatic heterocycles. The third-order valence-electron chi connectivity index (χ3n) is 6.38. The van der Waals surface area contributed by atoms with Crippen LogP contribution >= 0.6 is 0 Å². The number of nitrogens with zero attached hydrogens (tertiary/aromatic N) is 4. The van der Waals surface area contributed by atoms with Crippen molar-refractivity contribution in [3.8, 4) is 11.1 Å². The Balaban J connectivity index is 1.54. The maximum Gasteiger partial charge on any atom is 0.165 e. The molecule has 2 N–H and O–H groups in total. The van der Waals surface area contributed by atoms with E-state index in [4.69, 9.17) is 9.72 Å². The molecule has 1 aromatic carbocycles. The van der Waals surface area contributed by atoms with Crippen LogP contribution in [0.5, 0.6) is 0 Å². The Morgan fingerprint density at radius 3 is 2.86 bits per heavy atom. The average Bonchev–Trinajstić information content (AvgIpc) is 3.28. The molecule has 0 aliphatic carbocycles. The normalized spacial score (nSPS) is 15.5. The highest BCUT2D eigenvalue weighted by molar-refractivity contribution is 5.87. The Kier molecular flexibility index (Phi) is 6.70. The van der Waals surface area contributed by atoms with Crippen molar-refractivity contribution in [1.82, 2.24) is 24.9 Å². The molecule has 0 radical (unpaired) electrons. The highest BCUT2D eigenvalue weighted by Crippen LogP contribution is 2.29. The molecule has 1 aliphatic heterocycles. The number of aromatic nitrogens is 4. The van der Waals surface area contributed by atoms with Crippen LogP contribution in [0.3, 0.4) is 0 Å². The van der Waals surface area contributed by atoms with Gasteiger partial charge in [-0.3, -0.25) is 9.78 Å². The van der Waals surface area contributed by atoms with Crippen LogP contribution in [-0.4, -0.2) is 51.2 Å². The lowest BCUT2D eigenvalue weighted by Gasteiger charge is -2.26. The van der Waals surface area contributed by atoms with Crippen molar-refractivity contribution in [2.45, 2.75) is 45.2 Å². The highest BCUT2D eigenvalue weighted by Gasteiger charge is 2.20. The van der Waals surface area contributed by atoms with E-state index in [1.807, 2.05) is 12.1 Å². The van der Waals surface area contributed by atoms with Crippen LogP contribution in [0.15, 0.2) is 42.7 Å². The van der Waals surface area contributed by atoms with E-state index >= 15 is 0 Å². The van der Waals surface area contributed by atoms with Crippen molar-refractivity contribution in [3.05, 3.63) is 54.2 Å². The fraction of sp³-hybridized carbons (Fsp3) is 0.385. The Labute approximate surface area is 202 Å². The van der Waals surface area contributed by atoms with Crippen LogP contribution in [-0.2, 0) is 9.53 Å². The summed E-state index contributed by atoms with van der Waals surface area (Å²) in [4.78, 5) is 21.0. The van der Waals surface area contributed by atoms with Crippen molar-refractivity contribution in [3.63, 3.8) is 0 Å². The molecule has 1 unspecified atom stereocenters. The van der Waals surface area contributed by atoms with Gasteiger partial charge in [-0.15, -0.1) is 0 Å². The minimum Gasteiger partial charge on any atom is -0.381 e. The van der Waals surface area contributed by atoms with Gasteiger partial charge in [0.1, 0.15) is 17.4 Å². The lowest BCUT2D eigenvalue weighted by atomic mass is 10.1. The van der Waals surface area contributed by atoms with Gasteiger partial charge in [-0.25, -0.2) is 9.37 Å². The van der Waals surface area contributed by atoms with Gasteiger partial charge in [-0.1, -0.05) is 0 Å². The predicted molar refractivity (Wildman–Crippen MR) is 133 cm³/mol. The summed E-state index contributed by atoms with van der Waals surface area (Å²) in [7, 11) is 0. The van der Waals surface area contributed by atoms with Crippen molar-refractivity contribution in [2.24, 2.45) is 0 Å². The molecule has 0 saturated carbocycles. The van der Waals surface area contributed by atoms with Gasteiger partial charge in [0.15, 0.2) is 5.65 Å². The number of ether oxygens (including phenoxy) is 1. The Bertz CT molecular complexity index is 1360. The summed E-state index contributed by atoms with van der Waals surface area (Å²) in [6, 6.07) is 8.81. The molecule has 35 heavy (non-hydrogen) atoms. The number of carbonyl (C=O) groups excluding carboxylic acids is 1. The van der Waals surface area contributed by atoms with Gasteiger partial charge in [-0.2, -0.15) is 9.61 Å². The zero-order valence-electron chi connectivity index (χ0n) is 19.9. The molecule has 5 rings (SSSR count). The van der Waals surface area contributed by atoms with Gasteiger partial charge in [0, 0.05) is 67.0 Å². The highest BCUT2D eigenvalue weighted by atomic mass is 19.1. The quantitative estimate of drug-likeness (QED) is 0.392. The fourth-order valence-electron chi connectivity index (χ4n) is 4.45. The molecule has 0 spiro atoms. The first-order valence-corrected chi connectivity index (χ1v) is 12.0. The molecule has 1 aliphatic rings. The molecular weight excluding hydrogens is 447 g/mol. The fourth-order valence-corrected chi connectivity index (χ4v) is 4.45. The van der Waals surface area contributed by atoms with Crippen LogP contribution in [0.4, 0.5) is 10.2 Å². The molecule has 1 atom stereocenters. The lowest BCUT2D eigenvalue weighted by Crippen LogP contribution is -2.36. The summed E-state index contributed by atoms with van der Waals surface area (Å²) in [6.45, 7) is 5.70. The summed E-state index contributed by atoms with van der Waals surface area (Å²) < 4.78 is 21.1. The van der Waals surface area contributed by atoms with E-state index in [-0.39, 0.29) is 17.6 Å².